The molecular weight excluding hydrogens is 228 g/mol. The molecule has 2 heterocycles. The summed E-state index contributed by atoms with van der Waals surface area (Å²) in [5, 5.41) is 0. The second kappa shape index (κ2) is 5.94. The smallest absolute Gasteiger partial charge is 0.0254 e. The summed E-state index contributed by atoms with van der Waals surface area (Å²) in [6.07, 6.45) is 5.44. The normalized spacial score (nSPS) is 32.3. The molecule has 0 spiro atoms. The minimum Gasteiger partial charge on any atom is -0.329 e. The Morgan fingerprint density at radius 1 is 1.35 bits per heavy atom. The lowest BCUT2D eigenvalue weighted by Crippen LogP contribution is -2.46. The average molecular weight is 256 g/mol. The van der Waals surface area contributed by atoms with Crippen molar-refractivity contribution in [3.05, 3.63) is 0 Å². The van der Waals surface area contributed by atoms with Crippen molar-refractivity contribution in [2.75, 3.05) is 31.1 Å². The Bertz CT molecular complexity index is 236. The van der Waals surface area contributed by atoms with Gasteiger partial charge in [0.25, 0.3) is 0 Å². The molecule has 0 aromatic heterocycles. The highest BCUT2D eigenvalue weighted by atomic mass is 32.2. The first-order valence-electron chi connectivity index (χ1n) is 7.14. The highest BCUT2D eigenvalue weighted by molar-refractivity contribution is 7.99. The van der Waals surface area contributed by atoms with Crippen molar-refractivity contribution in [3.63, 3.8) is 0 Å². The molecule has 100 valence electrons. The van der Waals surface area contributed by atoms with Gasteiger partial charge in [0.05, 0.1) is 0 Å². The second-order valence-corrected chi connectivity index (χ2v) is 7.63. The van der Waals surface area contributed by atoms with Gasteiger partial charge in [-0.1, -0.05) is 13.8 Å². The Balaban J connectivity index is 1.94. The van der Waals surface area contributed by atoms with E-state index < -0.39 is 0 Å². The molecule has 3 heteroatoms. The molecular formula is C14H28N2S. The maximum atomic E-state index is 6.05. The van der Waals surface area contributed by atoms with Gasteiger partial charge in [-0.15, -0.1) is 0 Å². The van der Waals surface area contributed by atoms with Gasteiger partial charge in [0.1, 0.15) is 0 Å². The topological polar surface area (TPSA) is 29.3 Å². The second-order valence-electron chi connectivity index (χ2n) is 6.48. The van der Waals surface area contributed by atoms with E-state index in [-0.39, 0.29) is 0 Å². The van der Waals surface area contributed by atoms with Gasteiger partial charge in [0, 0.05) is 12.6 Å². The summed E-state index contributed by atoms with van der Waals surface area (Å²) in [5.41, 5.74) is 6.59. The molecule has 0 bridgehead atoms. The van der Waals surface area contributed by atoms with Gasteiger partial charge in [-0.3, -0.25) is 4.90 Å². The number of likely N-dealkylation sites (tertiary alicyclic amines) is 1. The molecule has 2 aliphatic rings. The van der Waals surface area contributed by atoms with Gasteiger partial charge >= 0.3 is 0 Å². The van der Waals surface area contributed by atoms with E-state index in [1.165, 1.54) is 50.3 Å². The lowest BCUT2D eigenvalue weighted by molar-refractivity contribution is 0.155. The molecule has 2 nitrogen and oxygen atoms in total. The summed E-state index contributed by atoms with van der Waals surface area (Å²) in [5.74, 6) is 3.54. The Kier molecular flexibility index (Phi) is 4.79. The predicted molar refractivity (Wildman–Crippen MR) is 77.5 cm³/mol. The molecule has 0 aliphatic carbocycles. The summed E-state index contributed by atoms with van der Waals surface area (Å²) < 4.78 is 0. The fourth-order valence-corrected chi connectivity index (χ4v) is 4.60. The molecule has 2 fully saturated rings. The Labute approximate surface area is 111 Å². The molecule has 0 aromatic carbocycles. The van der Waals surface area contributed by atoms with Crippen LogP contribution in [-0.2, 0) is 0 Å². The molecule has 2 saturated heterocycles. The van der Waals surface area contributed by atoms with Crippen LogP contribution in [0.25, 0.3) is 0 Å². The molecule has 0 amide bonds. The van der Waals surface area contributed by atoms with Crippen LogP contribution in [0.4, 0.5) is 0 Å². The largest absolute Gasteiger partial charge is 0.329 e. The number of rotatable bonds is 3. The van der Waals surface area contributed by atoms with Crippen LogP contribution in [0, 0.1) is 11.3 Å². The van der Waals surface area contributed by atoms with Crippen molar-refractivity contribution in [2.24, 2.45) is 17.1 Å². The van der Waals surface area contributed by atoms with E-state index in [0.29, 0.717) is 11.5 Å². The highest BCUT2D eigenvalue weighted by Gasteiger charge is 2.32. The first kappa shape index (κ1) is 13.7. The number of thioether (sulfide) groups is 1. The van der Waals surface area contributed by atoms with E-state index in [0.717, 1.165) is 12.5 Å². The van der Waals surface area contributed by atoms with Crippen molar-refractivity contribution in [1.82, 2.24) is 4.90 Å². The van der Waals surface area contributed by atoms with Crippen LogP contribution in [-0.4, -0.2) is 42.1 Å². The van der Waals surface area contributed by atoms with Crippen LogP contribution in [0.3, 0.4) is 0 Å². The van der Waals surface area contributed by atoms with Gasteiger partial charge in [-0.25, -0.2) is 0 Å². The Morgan fingerprint density at radius 3 is 2.82 bits per heavy atom. The lowest BCUT2D eigenvalue weighted by atomic mass is 9.85. The number of nitrogens with two attached hydrogens (primary N) is 1. The summed E-state index contributed by atoms with van der Waals surface area (Å²) in [4.78, 5) is 2.70. The zero-order chi connectivity index (χ0) is 12.3. The fourth-order valence-electron chi connectivity index (χ4n) is 3.27. The maximum Gasteiger partial charge on any atom is 0.0254 e. The molecule has 17 heavy (non-hydrogen) atoms. The van der Waals surface area contributed by atoms with E-state index in [1.54, 1.807) is 0 Å². The predicted octanol–water partition coefficient (Wildman–Crippen LogP) is 2.58. The van der Waals surface area contributed by atoms with Crippen molar-refractivity contribution < 1.29 is 0 Å². The van der Waals surface area contributed by atoms with Crippen molar-refractivity contribution >= 4 is 11.8 Å². The molecule has 2 unspecified atom stereocenters. The van der Waals surface area contributed by atoms with E-state index in [2.05, 4.69) is 30.5 Å². The van der Waals surface area contributed by atoms with Crippen molar-refractivity contribution in [2.45, 2.75) is 45.6 Å². The molecule has 2 aliphatic heterocycles. The Hall–Kier alpha value is 0.270. The van der Waals surface area contributed by atoms with E-state index in [9.17, 15) is 0 Å². The Morgan fingerprint density at radius 2 is 2.18 bits per heavy atom. The quantitative estimate of drug-likeness (QED) is 0.841. The monoisotopic (exact) mass is 256 g/mol. The van der Waals surface area contributed by atoms with Gasteiger partial charge in [-0.05, 0) is 61.6 Å². The van der Waals surface area contributed by atoms with E-state index in [1.807, 2.05) is 0 Å². The van der Waals surface area contributed by atoms with Crippen LogP contribution >= 0.6 is 11.8 Å². The number of hydrogen-bond donors (Lipinski definition) is 1. The SMILES string of the molecule is CC1(C)CCCN(C(CN)C2CCSC2)CC1. The standard InChI is InChI=1S/C14H28N2S/c1-14(2)5-3-7-16(8-6-14)13(10-15)12-4-9-17-11-12/h12-13H,3-11,15H2,1-2H3. The third-order valence-corrected chi connectivity index (χ3v) is 5.78. The number of hydrogen-bond acceptors (Lipinski definition) is 3. The molecule has 2 atom stereocenters. The average Bonchev–Trinajstić information content (AvgIpc) is 2.73. The summed E-state index contributed by atoms with van der Waals surface area (Å²) in [6, 6.07) is 0.652. The molecule has 0 aromatic rings. The molecule has 0 radical (unpaired) electrons. The van der Waals surface area contributed by atoms with Crippen molar-refractivity contribution in [1.29, 1.82) is 0 Å². The summed E-state index contributed by atoms with van der Waals surface area (Å²) in [7, 11) is 0. The molecule has 2 rings (SSSR count). The third-order valence-electron chi connectivity index (χ3n) is 4.59. The maximum absolute atomic E-state index is 6.05. The van der Waals surface area contributed by atoms with Crippen LogP contribution < -0.4 is 5.73 Å². The lowest BCUT2D eigenvalue weighted by Gasteiger charge is -2.34. The zero-order valence-corrected chi connectivity index (χ0v) is 12.3. The van der Waals surface area contributed by atoms with Crippen LogP contribution in [0.2, 0.25) is 0 Å². The summed E-state index contributed by atoms with van der Waals surface area (Å²) >= 11 is 2.11. The van der Waals surface area contributed by atoms with Gasteiger partial charge in [0.15, 0.2) is 0 Å². The summed E-state index contributed by atoms with van der Waals surface area (Å²) in [6.45, 7) is 8.22. The first-order chi connectivity index (χ1) is 8.12. The minimum atomic E-state index is 0.540. The highest BCUT2D eigenvalue weighted by Crippen LogP contribution is 2.33. The third kappa shape index (κ3) is 3.62. The van der Waals surface area contributed by atoms with Gasteiger partial charge in [0.2, 0.25) is 0 Å². The first-order valence-corrected chi connectivity index (χ1v) is 8.30. The zero-order valence-electron chi connectivity index (χ0n) is 11.5. The molecule has 0 saturated carbocycles. The van der Waals surface area contributed by atoms with Crippen LogP contribution in [0.1, 0.15) is 39.5 Å². The van der Waals surface area contributed by atoms with Crippen LogP contribution in [0.15, 0.2) is 0 Å². The van der Waals surface area contributed by atoms with E-state index >= 15 is 0 Å². The van der Waals surface area contributed by atoms with Crippen LogP contribution in [0.5, 0.6) is 0 Å². The van der Waals surface area contributed by atoms with Gasteiger partial charge < -0.3 is 5.73 Å². The molecule has 2 N–H and O–H groups in total. The fraction of sp³-hybridized carbons (Fsp3) is 1.00. The van der Waals surface area contributed by atoms with Gasteiger partial charge in [-0.2, -0.15) is 11.8 Å². The number of nitrogens with zero attached hydrogens (tertiary/aromatic N) is 1. The van der Waals surface area contributed by atoms with E-state index in [4.69, 9.17) is 5.73 Å². The van der Waals surface area contributed by atoms with Crippen molar-refractivity contribution in [3.8, 4) is 0 Å². The minimum absolute atomic E-state index is 0.540.